The molecule has 1 spiro atoms. The molecule has 0 radical (unpaired) electrons. The van der Waals surface area contributed by atoms with E-state index in [9.17, 15) is 21.6 Å². The maximum Gasteiger partial charge on any atom is 0.406 e. The van der Waals surface area contributed by atoms with Gasteiger partial charge in [-0.05, 0) is 81.7 Å². The Morgan fingerprint density at radius 1 is 1.08 bits per heavy atom. The fourth-order valence-corrected chi connectivity index (χ4v) is 7.91. The van der Waals surface area contributed by atoms with Crippen molar-refractivity contribution < 1.29 is 31.1 Å². The van der Waals surface area contributed by atoms with Crippen molar-refractivity contribution in [2.45, 2.75) is 74.6 Å². The molecule has 14 heteroatoms. The average molecular weight is 699 g/mol. The number of nitrogens with zero attached hydrogens (tertiary/aromatic N) is 3. The second-order valence-corrected chi connectivity index (χ2v) is 15.2. The summed E-state index contributed by atoms with van der Waals surface area (Å²) in [7, 11) is -4.01. The van der Waals surface area contributed by atoms with Gasteiger partial charge in [0, 0.05) is 60.4 Å². The quantitative estimate of drug-likeness (QED) is 0.252. The minimum absolute atomic E-state index is 0.00302. The fraction of sp³-hybridized carbons (Fsp3) is 0.514. The molecule has 2 aliphatic heterocycles. The van der Waals surface area contributed by atoms with Crippen LogP contribution in [0.25, 0.3) is 10.9 Å². The highest BCUT2D eigenvalue weighted by atomic mass is 32.2. The molecule has 1 aromatic heterocycles. The molecule has 3 aromatic rings. The Morgan fingerprint density at radius 2 is 1.82 bits per heavy atom. The lowest BCUT2D eigenvalue weighted by atomic mass is 9.68. The zero-order valence-electron chi connectivity index (χ0n) is 27.4. The number of likely N-dealkylation sites (tertiary alicyclic amines) is 1. The summed E-state index contributed by atoms with van der Waals surface area (Å²) in [5, 5.41) is 21.4. The van der Waals surface area contributed by atoms with E-state index in [1.807, 2.05) is 12.1 Å². The number of ether oxygens (including phenoxy) is 2. The maximum atomic E-state index is 13.8. The van der Waals surface area contributed by atoms with Crippen LogP contribution in [0.3, 0.4) is 0 Å². The molecule has 4 N–H and O–H groups in total. The van der Waals surface area contributed by atoms with E-state index in [0.29, 0.717) is 22.0 Å². The molecule has 1 saturated carbocycles. The molecule has 1 aliphatic carbocycles. The molecule has 2 aromatic carbocycles. The van der Waals surface area contributed by atoms with Crippen molar-refractivity contribution in [1.29, 1.82) is 5.26 Å². The van der Waals surface area contributed by atoms with Gasteiger partial charge in [0.05, 0.1) is 28.3 Å². The summed E-state index contributed by atoms with van der Waals surface area (Å²) in [6.45, 7) is 4.83. The average Bonchev–Trinajstić information content (AvgIpc) is 3.38. The largest absolute Gasteiger partial charge is 0.477 e. The van der Waals surface area contributed by atoms with E-state index in [4.69, 9.17) is 19.9 Å². The molecule has 3 heterocycles. The standard InChI is InChI=1S/C35H41F3N6O4S/c1-33(43-22-34(23-43)13-17-47-18-14-34)11-9-25(10-12-33)42-29-5-2-6-31-28(29)20-26(44(31)24-35(36,37)38)4-3-16-41-30-8-7-27(49(40,45)46)21-32(30)48-19-15-39/h2,5-8,20-21,25,41-42H,9-14,16-19,22-24H2,1H3,(H2,40,45,46). The monoisotopic (exact) mass is 698 g/mol. The molecule has 2 saturated heterocycles. The third kappa shape index (κ3) is 7.94. The van der Waals surface area contributed by atoms with Gasteiger partial charge in [0.15, 0.2) is 6.61 Å². The predicted octanol–water partition coefficient (Wildman–Crippen LogP) is 5.44. The summed E-state index contributed by atoms with van der Waals surface area (Å²) in [6, 6.07) is 13.0. The summed E-state index contributed by atoms with van der Waals surface area (Å²) < 4.78 is 76.9. The summed E-state index contributed by atoms with van der Waals surface area (Å²) in [4.78, 5) is 2.45. The molecule has 262 valence electrons. The van der Waals surface area contributed by atoms with Crippen LogP contribution < -0.4 is 20.5 Å². The van der Waals surface area contributed by atoms with Gasteiger partial charge in [0.25, 0.3) is 0 Å². The van der Waals surface area contributed by atoms with Crippen molar-refractivity contribution in [3.05, 3.63) is 48.2 Å². The van der Waals surface area contributed by atoms with E-state index in [-0.39, 0.29) is 41.1 Å². The minimum Gasteiger partial charge on any atom is -0.477 e. The molecule has 6 rings (SSSR count). The molecule has 10 nitrogen and oxygen atoms in total. The Hall–Kier alpha value is -3.95. The molecule has 49 heavy (non-hydrogen) atoms. The van der Waals surface area contributed by atoms with Crippen LogP contribution in [0.2, 0.25) is 0 Å². The van der Waals surface area contributed by atoms with Gasteiger partial charge in [-0.25, -0.2) is 13.6 Å². The van der Waals surface area contributed by atoms with Gasteiger partial charge >= 0.3 is 6.18 Å². The van der Waals surface area contributed by atoms with E-state index in [1.54, 1.807) is 18.2 Å². The number of aromatic nitrogens is 1. The van der Waals surface area contributed by atoms with Crippen LogP contribution in [0, 0.1) is 28.6 Å². The number of anilines is 2. The molecule has 0 bridgehead atoms. The van der Waals surface area contributed by atoms with Crippen LogP contribution in [0.15, 0.2) is 47.4 Å². The van der Waals surface area contributed by atoms with Crippen molar-refractivity contribution in [1.82, 2.24) is 9.47 Å². The number of alkyl halides is 3. The van der Waals surface area contributed by atoms with Gasteiger partial charge in [0.1, 0.15) is 18.4 Å². The highest BCUT2D eigenvalue weighted by molar-refractivity contribution is 7.89. The number of primary sulfonamides is 1. The fourth-order valence-electron chi connectivity index (χ4n) is 7.38. The molecule has 3 fully saturated rings. The number of nitriles is 1. The molecule has 0 amide bonds. The summed E-state index contributed by atoms with van der Waals surface area (Å²) >= 11 is 0. The zero-order chi connectivity index (χ0) is 34.9. The van der Waals surface area contributed by atoms with Gasteiger partial charge in [-0.3, -0.25) is 4.90 Å². The molecule has 0 atom stereocenters. The summed E-state index contributed by atoms with van der Waals surface area (Å²) in [5.41, 5.74) is 2.36. The molecular weight excluding hydrogens is 657 g/mol. The van der Waals surface area contributed by atoms with Crippen LogP contribution in [-0.4, -0.2) is 75.1 Å². The number of rotatable bonds is 9. The number of halogens is 3. The first-order valence-corrected chi connectivity index (χ1v) is 18.0. The topological polar surface area (TPSA) is 135 Å². The van der Waals surface area contributed by atoms with Gasteiger partial charge in [-0.1, -0.05) is 12.0 Å². The first kappa shape index (κ1) is 34.9. The van der Waals surface area contributed by atoms with Crippen molar-refractivity contribution in [2.24, 2.45) is 10.6 Å². The predicted molar refractivity (Wildman–Crippen MR) is 181 cm³/mol. The van der Waals surface area contributed by atoms with Gasteiger partial charge < -0.3 is 24.7 Å². The highest BCUT2D eigenvalue weighted by Crippen LogP contribution is 2.47. The van der Waals surface area contributed by atoms with Crippen LogP contribution in [0.4, 0.5) is 24.5 Å². The van der Waals surface area contributed by atoms with E-state index < -0.39 is 22.7 Å². The lowest BCUT2D eigenvalue weighted by molar-refractivity contribution is -0.140. The Labute approximate surface area is 284 Å². The van der Waals surface area contributed by atoms with Crippen molar-refractivity contribution in [3.63, 3.8) is 0 Å². The minimum atomic E-state index is -4.46. The Balaban J connectivity index is 1.16. The van der Waals surface area contributed by atoms with Crippen LogP contribution in [-0.2, 0) is 21.3 Å². The van der Waals surface area contributed by atoms with Gasteiger partial charge in [-0.15, -0.1) is 0 Å². The lowest BCUT2D eigenvalue weighted by Crippen LogP contribution is -2.66. The number of benzene rings is 2. The molecular formula is C35H41F3N6O4S. The number of fused-ring (bicyclic) bond motifs is 1. The number of hydrogen-bond acceptors (Lipinski definition) is 8. The zero-order valence-corrected chi connectivity index (χ0v) is 28.2. The van der Waals surface area contributed by atoms with Crippen molar-refractivity contribution in [2.75, 3.05) is 50.1 Å². The molecule has 0 unspecified atom stereocenters. The van der Waals surface area contributed by atoms with E-state index in [0.717, 1.165) is 70.5 Å². The third-order valence-corrected chi connectivity index (χ3v) is 11.1. The normalized spacial score (nSPS) is 22.5. The second kappa shape index (κ2) is 13.8. The lowest BCUT2D eigenvalue weighted by Gasteiger charge is -2.60. The van der Waals surface area contributed by atoms with Crippen molar-refractivity contribution >= 4 is 32.3 Å². The Morgan fingerprint density at radius 3 is 2.49 bits per heavy atom. The highest BCUT2D eigenvalue weighted by Gasteiger charge is 2.50. The number of nitrogens with one attached hydrogen (secondary N) is 2. The Bertz CT molecular complexity index is 1890. The van der Waals surface area contributed by atoms with E-state index in [2.05, 4.69) is 34.3 Å². The van der Waals surface area contributed by atoms with Crippen molar-refractivity contribution in [3.8, 4) is 23.7 Å². The SMILES string of the molecule is CC1(N2CC3(CCOCC3)C2)CCC(Nc2cccc3c2cc(C#CCNc2ccc(S(N)(=O)=O)cc2OCC#N)n3CC(F)(F)F)CC1. The van der Waals surface area contributed by atoms with Crippen LogP contribution >= 0.6 is 0 Å². The third-order valence-electron chi connectivity index (χ3n) is 10.2. The summed E-state index contributed by atoms with van der Waals surface area (Å²) in [6.07, 6.45) is 1.87. The smallest absolute Gasteiger partial charge is 0.406 e. The second-order valence-electron chi connectivity index (χ2n) is 13.7. The summed E-state index contributed by atoms with van der Waals surface area (Å²) in [5.74, 6) is 5.84. The van der Waals surface area contributed by atoms with E-state index >= 15 is 0 Å². The number of sulfonamides is 1. The van der Waals surface area contributed by atoms with Crippen LogP contribution in [0.1, 0.15) is 51.1 Å². The molecule has 3 aliphatic rings. The maximum absolute atomic E-state index is 13.8. The van der Waals surface area contributed by atoms with Crippen LogP contribution in [0.5, 0.6) is 5.75 Å². The first-order valence-electron chi connectivity index (χ1n) is 16.5. The first-order chi connectivity index (χ1) is 23.3. The van der Waals surface area contributed by atoms with E-state index in [1.165, 1.54) is 22.8 Å². The Kier molecular flexibility index (Phi) is 9.79. The van der Waals surface area contributed by atoms with Gasteiger partial charge in [0.2, 0.25) is 10.0 Å². The number of hydrogen-bond donors (Lipinski definition) is 3. The number of nitrogens with two attached hydrogens (primary N) is 1. The van der Waals surface area contributed by atoms with Gasteiger partial charge in [-0.2, -0.15) is 18.4 Å².